The highest BCUT2D eigenvalue weighted by Gasteiger charge is 2.22. The van der Waals surface area contributed by atoms with Gasteiger partial charge in [-0.2, -0.15) is 0 Å². The van der Waals surface area contributed by atoms with Crippen molar-refractivity contribution in [1.82, 2.24) is 10.8 Å². The summed E-state index contributed by atoms with van der Waals surface area (Å²) in [5.41, 5.74) is 7.19. The van der Waals surface area contributed by atoms with Crippen LogP contribution in [-0.2, 0) is 17.9 Å². The van der Waals surface area contributed by atoms with Crippen molar-refractivity contribution in [2.45, 2.75) is 39.1 Å². The van der Waals surface area contributed by atoms with Crippen molar-refractivity contribution in [2.75, 3.05) is 0 Å². The van der Waals surface area contributed by atoms with Crippen molar-refractivity contribution in [3.8, 4) is 16.9 Å². The van der Waals surface area contributed by atoms with Crippen LogP contribution in [0.4, 0.5) is 0 Å². The summed E-state index contributed by atoms with van der Waals surface area (Å²) in [4.78, 5) is 11.6. The van der Waals surface area contributed by atoms with Gasteiger partial charge in [-0.1, -0.05) is 60.7 Å². The summed E-state index contributed by atoms with van der Waals surface area (Å²) in [6.45, 7) is 4.42. The maximum atomic E-state index is 11.6. The van der Waals surface area contributed by atoms with Gasteiger partial charge in [0.1, 0.15) is 18.4 Å². The lowest BCUT2D eigenvalue weighted by Gasteiger charge is -2.19. The molecule has 6 nitrogen and oxygen atoms in total. The number of aliphatic hydroxyl groups is 1. The Bertz CT molecular complexity index is 988. The Morgan fingerprint density at radius 3 is 2.35 bits per heavy atom. The highest BCUT2D eigenvalue weighted by molar-refractivity contribution is 5.81. The van der Waals surface area contributed by atoms with Crippen LogP contribution in [0, 0.1) is 6.92 Å². The van der Waals surface area contributed by atoms with E-state index in [1.54, 1.807) is 5.48 Å². The largest absolute Gasteiger partial charge is 0.489 e. The molecule has 3 aromatic carbocycles. The molecule has 0 fully saturated rings. The maximum Gasteiger partial charge on any atom is 0.263 e. The number of rotatable bonds is 9. The van der Waals surface area contributed by atoms with Gasteiger partial charge >= 0.3 is 0 Å². The van der Waals surface area contributed by atoms with Crippen molar-refractivity contribution in [3.05, 3.63) is 89.5 Å². The van der Waals surface area contributed by atoms with E-state index in [-0.39, 0.29) is 0 Å². The third-order valence-electron chi connectivity index (χ3n) is 5.25. The average molecular weight is 421 g/mol. The first-order chi connectivity index (χ1) is 15.0. The van der Waals surface area contributed by atoms with E-state index in [9.17, 15) is 9.90 Å². The number of carbonyl (C=O) groups is 1. The molecule has 3 rings (SSSR count). The number of aliphatic hydroxyl groups excluding tert-OH is 1. The van der Waals surface area contributed by atoms with Gasteiger partial charge in [0.05, 0.1) is 6.10 Å². The Kier molecular flexibility index (Phi) is 7.78. The number of amides is 1. The minimum Gasteiger partial charge on any atom is -0.489 e. The van der Waals surface area contributed by atoms with Crippen LogP contribution in [0.2, 0.25) is 0 Å². The van der Waals surface area contributed by atoms with Crippen LogP contribution in [-0.4, -0.2) is 28.4 Å². The van der Waals surface area contributed by atoms with Crippen molar-refractivity contribution < 1.29 is 19.8 Å². The lowest BCUT2D eigenvalue weighted by atomic mass is 9.97. The van der Waals surface area contributed by atoms with E-state index in [0.717, 1.165) is 16.9 Å². The van der Waals surface area contributed by atoms with E-state index in [0.29, 0.717) is 13.2 Å². The molecule has 162 valence electrons. The first kappa shape index (κ1) is 22.5. The van der Waals surface area contributed by atoms with Crippen LogP contribution < -0.4 is 15.5 Å². The second kappa shape index (κ2) is 10.7. The van der Waals surface area contributed by atoms with Gasteiger partial charge in [0.15, 0.2) is 0 Å². The molecule has 2 unspecified atom stereocenters. The number of carbonyl (C=O) groups excluding carboxylic acids is 1. The van der Waals surface area contributed by atoms with E-state index in [1.807, 2.05) is 48.5 Å². The second-order valence-corrected chi connectivity index (χ2v) is 7.46. The fourth-order valence-electron chi connectivity index (χ4n) is 3.41. The van der Waals surface area contributed by atoms with Crippen LogP contribution in [0.1, 0.15) is 23.6 Å². The average Bonchev–Trinajstić information content (AvgIpc) is 2.79. The van der Waals surface area contributed by atoms with Crippen molar-refractivity contribution in [3.63, 3.8) is 0 Å². The first-order valence-electron chi connectivity index (χ1n) is 10.2. The third kappa shape index (κ3) is 5.92. The van der Waals surface area contributed by atoms with Gasteiger partial charge in [0.2, 0.25) is 0 Å². The normalized spacial score (nSPS) is 12.8. The van der Waals surface area contributed by atoms with Crippen molar-refractivity contribution in [2.24, 2.45) is 0 Å². The highest BCUT2D eigenvalue weighted by atomic mass is 16.5. The Balaban J connectivity index is 1.60. The molecule has 0 aliphatic carbocycles. The molecule has 0 heterocycles. The number of ether oxygens (including phenoxy) is 1. The van der Waals surface area contributed by atoms with Crippen LogP contribution in [0.15, 0.2) is 72.8 Å². The highest BCUT2D eigenvalue weighted by Crippen LogP contribution is 2.26. The molecule has 3 aromatic rings. The van der Waals surface area contributed by atoms with Gasteiger partial charge in [-0.15, -0.1) is 0 Å². The fourth-order valence-corrected chi connectivity index (χ4v) is 3.41. The molecule has 6 heteroatoms. The first-order valence-corrected chi connectivity index (χ1v) is 10.2. The maximum absolute atomic E-state index is 11.6. The Morgan fingerprint density at radius 1 is 1.00 bits per heavy atom. The lowest BCUT2D eigenvalue weighted by Crippen LogP contribution is -2.49. The summed E-state index contributed by atoms with van der Waals surface area (Å²) >= 11 is 0. The summed E-state index contributed by atoms with van der Waals surface area (Å²) in [7, 11) is 0. The Morgan fingerprint density at radius 2 is 1.71 bits per heavy atom. The SMILES string of the molecule is Cc1c(COc2ccc(CNC(C(=O)NO)C(C)O)cc2)cccc1-c1ccccc1. The molecule has 0 saturated heterocycles. The summed E-state index contributed by atoms with van der Waals surface area (Å²) in [5, 5.41) is 21.4. The molecule has 4 N–H and O–H groups in total. The molecule has 0 saturated carbocycles. The van der Waals surface area contributed by atoms with Crippen LogP contribution in [0.25, 0.3) is 11.1 Å². The molecule has 1 amide bonds. The van der Waals surface area contributed by atoms with Gasteiger partial charge in [0.25, 0.3) is 5.91 Å². The van der Waals surface area contributed by atoms with E-state index in [4.69, 9.17) is 9.94 Å². The van der Waals surface area contributed by atoms with Crippen molar-refractivity contribution in [1.29, 1.82) is 0 Å². The Hall–Kier alpha value is -3.19. The number of hydroxylamine groups is 1. The molecule has 0 spiro atoms. The van der Waals surface area contributed by atoms with Crippen LogP contribution in [0.3, 0.4) is 0 Å². The molecule has 2 atom stereocenters. The molecule has 0 aliphatic heterocycles. The molecular weight excluding hydrogens is 392 g/mol. The van der Waals surface area contributed by atoms with Crippen LogP contribution in [0.5, 0.6) is 5.75 Å². The fraction of sp³-hybridized carbons (Fsp3) is 0.240. The number of hydrogen-bond donors (Lipinski definition) is 4. The minimum absolute atomic E-state index is 0.363. The summed E-state index contributed by atoms with van der Waals surface area (Å²) in [5.74, 6) is 0.0662. The zero-order valence-corrected chi connectivity index (χ0v) is 17.7. The van der Waals surface area contributed by atoms with Gasteiger partial charge in [-0.05, 0) is 53.8 Å². The van der Waals surface area contributed by atoms with Gasteiger partial charge in [0, 0.05) is 6.54 Å². The van der Waals surface area contributed by atoms with E-state index < -0.39 is 18.1 Å². The molecular formula is C25H28N2O4. The molecule has 0 bridgehead atoms. The summed E-state index contributed by atoms with van der Waals surface area (Å²) in [6, 6.07) is 23.2. The summed E-state index contributed by atoms with van der Waals surface area (Å²) in [6.07, 6.45) is -0.940. The van der Waals surface area contributed by atoms with E-state index in [2.05, 4.69) is 36.5 Å². The molecule has 31 heavy (non-hydrogen) atoms. The monoisotopic (exact) mass is 420 g/mol. The van der Waals surface area contributed by atoms with Crippen LogP contribution >= 0.6 is 0 Å². The molecule has 0 aliphatic rings. The van der Waals surface area contributed by atoms with Crippen molar-refractivity contribution >= 4 is 5.91 Å². The molecule has 0 aromatic heterocycles. The topological polar surface area (TPSA) is 90.8 Å². The van der Waals surface area contributed by atoms with Gasteiger partial charge in [-0.25, -0.2) is 5.48 Å². The third-order valence-corrected chi connectivity index (χ3v) is 5.25. The van der Waals surface area contributed by atoms with Gasteiger partial charge < -0.3 is 9.84 Å². The predicted octanol–water partition coefficient (Wildman–Crippen LogP) is 3.59. The zero-order chi connectivity index (χ0) is 22.2. The number of hydrogen-bond acceptors (Lipinski definition) is 5. The van der Waals surface area contributed by atoms with Gasteiger partial charge in [-0.3, -0.25) is 15.3 Å². The van der Waals surface area contributed by atoms with E-state index >= 15 is 0 Å². The lowest BCUT2D eigenvalue weighted by molar-refractivity contribution is -0.134. The zero-order valence-electron chi connectivity index (χ0n) is 17.7. The molecule has 0 radical (unpaired) electrons. The number of nitrogens with one attached hydrogen (secondary N) is 2. The standard InChI is InChI=1S/C25H28N2O4/c1-17-21(9-6-10-23(17)20-7-4-3-5-8-20)16-31-22-13-11-19(12-14-22)15-26-24(18(2)28)25(29)27-30/h3-14,18,24,26,28,30H,15-16H2,1-2H3,(H,27,29). The minimum atomic E-state index is -0.940. The summed E-state index contributed by atoms with van der Waals surface area (Å²) < 4.78 is 5.98. The predicted molar refractivity (Wildman–Crippen MR) is 120 cm³/mol. The second-order valence-electron chi connectivity index (χ2n) is 7.46. The quantitative estimate of drug-likeness (QED) is 0.314. The van der Waals surface area contributed by atoms with E-state index in [1.165, 1.54) is 23.6 Å². The Labute approximate surface area is 182 Å². The smallest absolute Gasteiger partial charge is 0.263 e. The number of benzene rings is 3.